The van der Waals surface area contributed by atoms with E-state index in [0.717, 1.165) is 37.8 Å². The molecule has 2 N–H and O–H groups in total. The number of aromatic nitrogens is 2. The minimum atomic E-state index is -0.0316. The van der Waals surface area contributed by atoms with Crippen molar-refractivity contribution in [2.75, 3.05) is 18.8 Å². The zero-order chi connectivity index (χ0) is 18.9. The van der Waals surface area contributed by atoms with Crippen LogP contribution in [-0.2, 0) is 0 Å². The van der Waals surface area contributed by atoms with Gasteiger partial charge in [-0.3, -0.25) is 4.79 Å². The van der Waals surface area contributed by atoms with E-state index in [1.54, 1.807) is 12.1 Å². The SMILES string of the molecule is CC1(CC[C@@H]2CC2c2ccccc2)CCN(C(=O)c2ccc(N)nn2)CC1. The molecule has 1 amide bonds. The Morgan fingerprint density at radius 1 is 1.15 bits per heavy atom. The molecule has 1 unspecified atom stereocenters. The van der Waals surface area contributed by atoms with Gasteiger partial charge in [-0.05, 0) is 67.1 Å². The number of piperidine rings is 1. The molecular weight excluding hydrogens is 336 g/mol. The van der Waals surface area contributed by atoms with Crippen LogP contribution >= 0.6 is 0 Å². The smallest absolute Gasteiger partial charge is 0.274 e. The quantitative estimate of drug-likeness (QED) is 0.874. The van der Waals surface area contributed by atoms with Crippen molar-refractivity contribution in [1.82, 2.24) is 15.1 Å². The monoisotopic (exact) mass is 364 g/mol. The van der Waals surface area contributed by atoms with Crippen LogP contribution < -0.4 is 5.73 Å². The number of nitrogens with two attached hydrogens (primary N) is 1. The third-order valence-corrected chi connectivity index (χ3v) is 6.43. The molecule has 1 aromatic heterocycles. The Balaban J connectivity index is 1.26. The lowest BCUT2D eigenvalue weighted by Gasteiger charge is -2.39. The molecule has 5 nitrogen and oxygen atoms in total. The second-order valence-corrected chi connectivity index (χ2v) is 8.50. The van der Waals surface area contributed by atoms with Gasteiger partial charge in [-0.25, -0.2) is 0 Å². The lowest BCUT2D eigenvalue weighted by Crippen LogP contribution is -2.42. The number of hydrogen-bond donors (Lipinski definition) is 1. The molecule has 2 fully saturated rings. The van der Waals surface area contributed by atoms with Gasteiger partial charge in [-0.1, -0.05) is 37.3 Å². The zero-order valence-electron chi connectivity index (χ0n) is 16.0. The second-order valence-electron chi connectivity index (χ2n) is 8.50. The van der Waals surface area contributed by atoms with Gasteiger partial charge in [0.2, 0.25) is 0 Å². The van der Waals surface area contributed by atoms with Crippen LogP contribution in [-0.4, -0.2) is 34.1 Å². The number of nitrogen functional groups attached to an aromatic ring is 1. The van der Waals surface area contributed by atoms with Gasteiger partial charge >= 0.3 is 0 Å². The predicted molar refractivity (Wildman–Crippen MR) is 106 cm³/mol. The summed E-state index contributed by atoms with van der Waals surface area (Å²) in [6.07, 6.45) is 6.01. The average molecular weight is 364 g/mol. The third-order valence-electron chi connectivity index (χ3n) is 6.43. The van der Waals surface area contributed by atoms with Crippen LogP contribution in [0.2, 0.25) is 0 Å². The van der Waals surface area contributed by atoms with Gasteiger partial charge in [0, 0.05) is 13.1 Å². The average Bonchev–Trinajstić information content (AvgIpc) is 3.48. The normalized spacial score (nSPS) is 23.8. The highest BCUT2D eigenvalue weighted by Crippen LogP contribution is 2.52. The number of nitrogens with zero attached hydrogens (tertiary/aromatic N) is 3. The van der Waals surface area contributed by atoms with Crippen molar-refractivity contribution in [3.05, 3.63) is 53.7 Å². The van der Waals surface area contributed by atoms with E-state index in [2.05, 4.69) is 47.5 Å². The first-order valence-electron chi connectivity index (χ1n) is 9.97. The van der Waals surface area contributed by atoms with Crippen LogP contribution in [0.1, 0.15) is 61.0 Å². The highest BCUT2D eigenvalue weighted by atomic mass is 16.2. The molecule has 4 rings (SSSR count). The van der Waals surface area contributed by atoms with E-state index in [0.29, 0.717) is 16.9 Å². The fourth-order valence-electron chi connectivity index (χ4n) is 4.33. The summed E-state index contributed by atoms with van der Waals surface area (Å²) < 4.78 is 0. The van der Waals surface area contributed by atoms with Gasteiger partial charge in [0.15, 0.2) is 5.69 Å². The summed E-state index contributed by atoms with van der Waals surface area (Å²) >= 11 is 0. The van der Waals surface area contributed by atoms with E-state index < -0.39 is 0 Å². The Bertz CT molecular complexity index is 782. The van der Waals surface area contributed by atoms with Gasteiger partial charge in [-0.15, -0.1) is 10.2 Å². The van der Waals surface area contributed by atoms with Gasteiger partial charge in [0.25, 0.3) is 5.91 Å². The van der Waals surface area contributed by atoms with Gasteiger partial charge in [0.1, 0.15) is 5.82 Å². The molecule has 5 heteroatoms. The molecule has 0 spiro atoms. The van der Waals surface area contributed by atoms with Crippen LogP contribution in [0.3, 0.4) is 0 Å². The largest absolute Gasteiger partial charge is 0.382 e. The molecular formula is C22H28N4O. The summed E-state index contributed by atoms with van der Waals surface area (Å²) in [6.45, 7) is 3.99. The molecule has 2 atom stereocenters. The first kappa shape index (κ1) is 18.0. The Morgan fingerprint density at radius 3 is 2.56 bits per heavy atom. The van der Waals surface area contributed by atoms with Gasteiger partial charge in [0.05, 0.1) is 0 Å². The zero-order valence-corrected chi connectivity index (χ0v) is 16.0. The summed E-state index contributed by atoms with van der Waals surface area (Å²) in [5.41, 5.74) is 7.78. The van der Waals surface area contributed by atoms with Crippen molar-refractivity contribution in [2.24, 2.45) is 11.3 Å². The topological polar surface area (TPSA) is 72.1 Å². The van der Waals surface area contributed by atoms with Crippen molar-refractivity contribution in [2.45, 2.75) is 44.9 Å². The Morgan fingerprint density at radius 2 is 1.89 bits per heavy atom. The fourth-order valence-corrected chi connectivity index (χ4v) is 4.33. The number of rotatable bonds is 5. The summed E-state index contributed by atoms with van der Waals surface area (Å²) in [5, 5.41) is 7.72. The van der Waals surface area contributed by atoms with Gasteiger partial charge in [-0.2, -0.15) is 0 Å². The van der Waals surface area contributed by atoms with Crippen molar-refractivity contribution >= 4 is 11.7 Å². The van der Waals surface area contributed by atoms with Crippen LogP contribution in [0.25, 0.3) is 0 Å². The number of hydrogen-bond acceptors (Lipinski definition) is 4. The summed E-state index contributed by atoms with van der Waals surface area (Å²) in [4.78, 5) is 14.5. The molecule has 1 aliphatic heterocycles. The van der Waals surface area contributed by atoms with Crippen molar-refractivity contribution in [3.8, 4) is 0 Å². The molecule has 27 heavy (non-hydrogen) atoms. The standard InChI is InChI=1S/C22H28N4O/c1-22(10-9-17-15-18(17)16-5-3-2-4-6-16)11-13-26(14-12-22)21(27)19-7-8-20(23)25-24-19/h2-8,17-18H,9-15H2,1H3,(H2,23,25)/t17-,18?/m1/s1. The summed E-state index contributed by atoms with van der Waals surface area (Å²) in [7, 11) is 0. The van der Waals surface area contributed by atoms with Crippen molar-refractivity contribution in [1.29, 1.82) is 0 Å². The van der Waals surface area contributed by atoms with Crippen molar-refractivity contribution < 1.29 is 4.79 Å². The first-order valence-corrected chi connectivity index (χ1v) is 9.97. The minimum Gasteiger partial charge on any atom is -0.382 e. The number of carbonyl (C=O) groups is 1. The Labute approximate surface area is 161 Å². The molecule has 2 aromatic rings. The number of carbonyl (C=O) groups excluding carboxylic acids is 1. The first-order chi connectivity index (χ1) is 13.0. The predicted octanol–water partition coefficient (Wildman–Crippen LogP) is 3.89. The molecule has 142 valence electrons. The molecule has 1 aromatic carbocycles. The maximum absolute atomic E-state index is 12.6. The van der Waals surface area contributed by atoms with E-state index >= 15 is 0 Å². The number of likely N-dealkylation sites (tertiary alicyclic amines) is 1. The van der Waals surface area contributed by atoms with E-state index in [9.17, 15) is 4.79 Å². The minimum absolute atomic E-state index is 0.0316. The van der Waals surface area contributed by atoms with Crippen LogP contribution in [0.5, 0.6) is 0 Å². The number of amides is 1. The maximum Gasteiger partial charge on any atom is 0.274 e. The molecule has 2 aliphatic rings. The second kappa shape index (κ2) is 7.29. The highest BCUT2D eigenvalue weighted by molar-refractivity contribution is 5.92. The van der Waals surface area contributed by atoms with E-state index in [-0.39, 0.29) is 5.91 Å². The lowest BCUT2D eigenvalue weighted by molar-refractivity contribution is 0.0579. The molecule has 1 aliphatic carbocycles. The van der Waals surface area contributed by atoms with Crippen LogP contribution in [0.4, 0.5) is 5.82 Å². The molecule has 0 radical (unpaired) electrons. The lowest BCUT2D eigenvalue weighted by atomic mass is 9.76. The van der Waals surface area contributed by atoms with Crippen LogP contribution in [0, 0.1) is 11.3 Å². The summed E-state index contributed by atoms with van der Waals surface area (Å²) in [5.74, 6) is 1.91. The maximum atomic E-state index is 12.6. The number of benzene rings is 1. The molecule has 1 saturated carbocycles. The van der Waals surface area contributed by atoms with E-state index in [4.69, 9.17) is 5.73 Å². The Kier molecular flexibility index (Phi) is 4.85. The summed E-state index contributed by atoms with van der Waals surface area (Å²) in [6, 6.07) is 14.2. The third kappa shape index (κ3) is 4.12. The van der Waals surface area contributed by atoms with Crippen LogP contribution in [0.15, 0.2) is 42.5 Å². The molecule has 1 saturated heterocycles. The number of anilines is 1. The highest BCUT2D eigenvalue weighted by Gasteiger charge is 2.40. The van der Waals surface area contributed by atoms with E-state index in [1.165, 1.54) is 24.8 Å². The fraction of sp³-hybridized carbons (Fsp3) is 0.500. The molecule has 2 heterocycles. The molecule has 0 bridgehead atoms. The Hall–Kier alpha value is -2.43. The van der Waals surface area contributed by atoms with E-state index in [1.807, 2.05) is 4.90 Å². The van der Waals surface area contributed by atoms with Crippen molar-refractivity contribution in [3.63, 3.8) is 0 Å². The van der Waals surface area contributed by atoms with Gasteiger partial charge < -0.3 is 10.6 Å².